The molecule has 20 heavy (non-hydrogen) atoms. The zero-order valence-corrected chi connectivity index (χ0v) is 12.3. The lowest BCUT2D eigenvalue weighted by atomic mass is 10.2. The summed E-state index contributed by atoms with van der Waals surface area (Å²) in [4.78, 5) is 14.3. The molecule has 104 valence electrons. The summed E-state index contributed by atoms with van der Waals surface area (Å²) in [6.45, 7) is 2.96. The Balaban J connectivity index is 1.54. The normalized spacial score (nSPS) is 14.1. The molecule has 0 aliphatic heterocycles. The van der Waals surface area contributed by atoms with Crippen LogP contribution in [0.25, 0.3) is 0 Å². The Morgan fingerprint density at radius 3 is 2.45 bits per heavy atom. The lowest BCUT2D eigenvalue weighted by Crippen LogP contribution is -2.13. The van der Waals surface area contributed by atoms with E-state index in [1.165, 1.54) is 9.75 Å². The van der Waals surface area contributed by atoms with Crippen molar-refractivity contribution in [3.63, 3.8) is 0 Å². The molecule has 0 atom stereocenters. The number of anilines is 2. The van der Waals surface area contributed by atoms with Crippen LogP contribution in [0.15, 0.2) is 36.4 Å². The average molecular weight is 286 g/mol. The summed E-state index contributed by atoms with van der Waals surface area (Å²) >= 11 is 1.81. The highest BCUT2D eigenvalue weighted by Gasteiger charge is 2.29. The lowest BCUT2D eigenvalue weighted by molar-refractivity contribution is -0.117. The van der Waals surface area contributed by atoms with Crippen LogP contribution in [-0.4, -0.2) is 5.91 Å². The quantitative estimate of drug-likeness (QED) is 0.871. The van der Waals surface area contributed by atoms with E-state index in [2.05, 4.69) is 29.7 Å². The monoisotopic (exact) mass is 286 g/mol. The summed E-state index contributed by atoms with van der Waals surface area (Å²) < 4.78 is 0. The van der Waals surface area contributed by atoms with Gasteiger partial charge in [-0.25, -0.2) is 0 Å². The van der Waals surface area contributed by atoms with Crippen LogP contribution >= 0.6 is 11.3 Å². The number of nitrogens with one attached hydrogen (secondary N) is 2. The van der Waals surface area contributed by atoms with Gasteiger partial charge in [-0.2, -0.15) is 0 Å². The van der Waals surface area contributed by atoms with Gasteiger partial charge in [0.1, 0.15) is 0 Å². The van der Waals surface area contributed by atoms with Crippen molar-refractivity contribution in [1.29, 1.82) is 0 Å². The number of carbonyl (C=O) groups excluding carboxylic acids is 1. The minimum atomic E-state index is 0.153. The van der Waals surface area contributed by atoms with Crippen LogP contribution in [0.1, 0.15) is 22.6 Å². The Kier molecular flexibility index (Phi) is 3.74. The van der Waals surface area contributed by atoms with Crippen LogP contribution in [-0.2, 0) is 11.3 Å². The molecule has 0 spiro atoms. The van der Waals surface area contributed by atoms with E-state index in [4.69, 9.17) is 0 Å². The standard InChI is InChI=1S/C16H18N2OS/c1-11-2-9-15(20-11)10-17-13-5-7-14(8-6-13)18-16(19)12-3-4-12/h2,5-9,12,17H,3-4,10H2,1H3,(H,18,19). The first-order chi connectivity index (χ1) is 9.70. The molecule has 3 rings (SSSR count). The zero-order chi connectivity index (χ0) is 13.9. The Morgan fingerprint density at radius 2 is 1.85 bits per heavy atom. The second kappa shape index (κ2) is 5.67. The fourth-order valence-corrected chi connectivity index (χ4v) is 2.86. The van der Waals surface area contributed by atoms with Crippen molar-refractivity contribution in [1.82, 2.24) is 0 Å². The molecule has 0 unspecified atom stereocenters. The molecule has 0 radical (unpaired) electrons. The van der Waals surface area contributed by atoms with Crippen LogP contribution in [0.2, 0.25) is 0 Å². The Morgan fingerprint density at radius 1 is 1.15 bits per heavy atom. The topological polar surface area (TPSA) is 41.1 Å². The minimum absolute atomic E-state index is 0.153. The zero-order valence-electron chi connectivity index (χ0n) is 11.5. The molecule has 2 aromatic rings. The molecular weight excluding hydrogens is 268 g/mol. The van der Waals surface area contributed by atoms with E-state index >= 15 is 0 Å². The van der Waals surface area contributed by atoms with E-state index in [0.29, 0.717) is 0 Å². The third kappa shape index (κ3) is 3.39. The summed E-state index contributed by atoms with van der Waals surface area (Å²) in [6.07, 6.45) is 2.07. The number of rotatable bonds is 5. The van der Waals surface area contributed by atoms with Gasteiger partial charge in [0, 0.05) is 33.6 Å². The molecular formula is C16H18N2OS. The van der Waals surface area contributed by atoms with E-state index in [-0.39, 0.29) is 11.8 Å². The van der Waals surface area contributed by atoms with Gasteiger partial charge in [0.25, 0.3) is 0 Å². The smallest absolute Gasteiger partial charge is 0.227 e. The molecule has 1 aliphatic rings. The number of amides is 1. The van der Waals surface area contributed by atoms with Gasteiger partial charge in [-0.3, -0.25) is 4.79 Å². The predicted octanol–water partition coefficient (Wildman–Crippen LogP) is 4.02. The third-order valence-electron chi connectivity index (χ3n) is 3.36. The molecule has 3 nitrogen and oxygen atoms in total. The largest absolute Gasteiger partial charge is 0.380 e. The van der Waals surface area contributed by atoms with Crippen LogP contribution in [0, 0.1) is 12.8 Å². The minimum Gasteiger partial charge on any atom is -0.380 e. The maximum absolute atomic E-state index is 11.6. The fraction of sp³-hybridized carbons (Fsp3) is 0.312. The highest BCUT2D eigenvalue weighted by molar-refractivity contribution is 7.11. The van der Waals surface area contributed by atoms with Gasteiger partial charge in [-0.15, -0.1) is 11.3 Å². The van der Waals surface area contributed by atoms with Crippen molar-refractivity contribution in [2.45, 2.75) is 26.3 Å². The van der Waals surface area contributed by atoms with Crippen molar-refractivity contribution >= 4 is 28.6 Å². The molecule has 0 saturated heterocycles. The first-order valence-corrected chi connectivity index (χ1v) is 7.72. The van der Waals surface area contributed by atoms with Crippen molar-refractivity contribution in [2.75, 3.05) is 10.6 Å². The second-order valence-corrected chi connectivity index (χ2v) is 6.58. The Labute approximate surface area is 123 Å². The summed E-state index contributed by atoms with van der Waals surface area (Å²) in [7, 11) is 0. The average Bonchev–Trinajstić information content (AvgIpc) is 3.22. The molecule has 1 saturated carbocycles. The van der Waals surface area contributed by atoms with Crippen LogP contribution in [0.3, 0.4) is 0 Å². The molecule has 2 N–H and O–H groups in total. The van der Waals surface area contributed by atoms with Crippen LogP contribution in [0.5, 0.6) is 0 Å². The number of benzene rings is 1. The van der Waals surface area contributed by atoms with Gasteiger partial charge in [0.05, 0.1) is 0 Å². The molecule has 1 heterocycles. The number of thiophene rings is 1. The molecule has 1 aromatic carbocycles. The molecule has 1 amide bonds. The highest BCUT2D eigenvalue weighted by atomic mass is 32.1. The molecule has 4 heteroatoms. The lowest BCUT2D eigenvalue weighted by Gasteiger charge is -2.07. The first-order valence-electron chi connectivity index (χ1n) is 6.91. The van der Waals surface area contributed by atoms with E-state index < -0.39 is 0 Å². The van der Waals surface area contributed by atoms with Crippen LogP contribution < -0.4 is 10.6 Å². The van der Waals surface area contributed by atoms with Crippen molar-refractivity contribution in [2.24, 2.45) is 5.92 Å². The van der Waals surface area contributed by atoms with E-state index in [9.17, 15) is 4.79 Å². The predicted molar refractivity (Wildman–Crippen MR) is 84.2 cm³/mol. The van der Waals surface area contributed by atoms with E-state index in [0.717, 1.165) is 30.8 Å². The summed E-state index contributed by atoms with van der Waals surface area (Å²) in [6, 6.07) is 12.2. The highest BCUT2D eigenvalue weighted by Crippen LogP contribution is 2.30. The molecule has 1 fully saturated rings. The summed E-state index contributed by atoms with van der Waals surface area (Å²) in [5.74, 6) is 0.398. The van der Waals surface area contributed by atoms with E-state index in [1.54, 1.807) is 0 Å². The number of hydrogen-bond acceptors (Lipinski definition) is 3. The van der Waals surface area contributed by atoms with Crippen LogP contribution in [0.4, 0.5) is 11.4 Å². The maximum Gasteiger partial charge on any atom is 0.227 e. The fourth-order valence-electron chi connectivity index (χ4n) is 2.03. The molecule has 1 aromatic heterocycles. The Hall–Kier alpha value is -1.81. The third-order valence-corrected chi connectivity index (χ3v) is 4.36. The first kappa shape index (κ1) is 13.2. The van der Waals surface area contributed by atoms with E-state index in [1.807, 2.05) is 35.6 Å². The Bertz CT molecular complexity index is 599. The van der Waals surface area contributed by atoms with Crippen molar-refractivity contribution < 1.29 is 4.79 Å². The van der Waals surface area contributed by atoms with Gasteiger partial charge in [0.15, 0.2) is 0 Å². The van der Waals surface area contributed by atoms with Gasteiger partial charge in [-0.05, 0) is 56.2 Å². The maximum atomic E-state index is 11.6. The molecule has 1 aliphatic carbocycles. The van der Waals surface area contributed by atoms with Gasteiger partial charge >= 0.3 is 0 Å². The van der Waals surface area contributed by atoms with Gasteiger partial charge in [-0.1, -0.05) is 0 Å². The second-order valence-electron chi connectivity index (χ2n) is 5.21. The SMILES string of the molecule is Cc1ccc(CNc2ccc(NC(=O)C3CC3)cc2)s1. The van der Waals surface area contributed by atoms with Gasteiger partial charge in [0.2, 0.25) is 5.91 Å². The number of aryl methyl sites for hydroxylation is 1. The number of hydrogen-bond donors (Lipinski definition) is 2. The number of carbonyl (C=O) groups is 1. The van der Waals surface area contributed by atoms with Crippen molar-refractivity contribution in [3.05, 3.63) is 46.2 Å². The summed E-state index contributed by atoms with van der Waals surface area (Å²) in [5, 5.41) is 6.33. The summed E-state index contributed by atoms with van der Waals surface area (Å²) in [5.41, 5.74) is 1.94. The molecule has 0 bridgehead atoms. The van der Waals surface area contributed by atoms with Gasteiger partial charge < -0.3 is 10.6 Å². The van der Waals surface area contributed by atoms with Crippen molar-refractivity contribution in [3.8, 4) is 0 Å².